The SMILES string of the molecule is CN1CCCCC1.CNc1ccc(C)c(OC)c1.CNc1ccccc1.Cc1cccnc1. The molecular weight excluding hydrogens is 408 g/mol. The van der Waals surface area contributed by atoms with E-state index in [-0.39, 0.29) is 0 Å². The molecule has 5 heteroatoms. The third-order valence-electron chi connectivity index (χ3n) is 5.15. The zero-order valence-electron chi connectivity index (χ0n) is 21.3. The number of hydrogen-bond acceptors (Lipinski definition) is 5. The molecule has 5 nitrogen and oxygen atoms in total. The minimum Gasteiger partial charge on any atom is -0.496 e. The first-order valence-electron chi connectivity index (χ1n) is 11.6. The molecule has 180 valence electrons. The van der Waals surface area contributed by atoms with E-state index in [1.807, 2.05) is 94.8 Å². The van der Waals surface area contributed by atoms with E-state index in [0.29, 0.717) is 0 Å². The summed E-state index contributed by atoms with van der Waals surface area (Å²) < 4.78 is 5.15. The molecule has 0 aliphatic carbocycles. The van der Waals surface area contributed by atoms with Crippen LogP contribution in [0.3, 0.4) is 0 Å². The molecule has 2 aromatic carbocycles. The molecule has 2 heterocycles. The number of benzene rings is 2. The summed E-state index contributed by atoms with van der Waals surface area (Å²) in [7, 11) is 7.68. The molecule has 3 aromatic rings. The number of hydrogen-bond donors (Lipinski definition) is 2. The summed E-state index contributed by atoms with van der Waals surface area (Å²) in [6.07, 6.45) is 7.88. The molecular formula is C28H42N4O. The maximum atomic E-state index is 5.15. The van der Waals surface area contributed by atoms with Crippen LogP contribution < -0.4 is 15.4 Å². The highest BCUT2D eigenvalue weighted by molar-refractivity contribution is 5.50. The van der Waals surface area contributed by atoms with Crippen molar-refractivity contribution in [3.8, 4) is 5.75 Å². The van der Waals surface area contributed by atoms with Crippen LogP contribution in [0.2, 0.25) is 0 Å². The summed E-state index contributed by atoms with van der Waals surface area (Å²) in [5, 5.41) is 6.08. The van der Waals surface area contributed by atoms with Crippen molar-refractivity contribution >= 4 is 11.4 Å². The van der Waals surface area contributed by atoms with Crippen LogP contribution in [0.4, 0.5) is 11.4 Å². The van der Waals surface area contributed by atoms with E-state index in [1.165, 1.54) is 37.9 Å². The van der Waals surface area contributed by atoms with Crippen molar-refractivity contribution in [1.29, 1.82) is 0 Å². The number of methoxy groups -OCH3 is 1. The Kier molecular flexibility index (Phi) is 14.8. The van der Waals surface area contributed by atoms with Gasteiger partial charge in [-0.15, -0.1) is 0 Å². The second-order valence-electron chi connectivity index (χ2n) is 7.94. The summed E-state index contributed by atoms with van der Waals surface area (Å²) in [5.41, 5.74) is 4.61. The number of nitrogens with one attached hydrogen (secondary N) is 2. The molecule has 0 amide bonds. The van der Waals surface area contributed by atoms with Gasteiger partial charge in [0, 0.05) is 43.9 Å². The summed E-state index contributed by atoms with van der Waals surface area (Å²) in [5.74, 6) is 0.928. The second kappa shape index (κ2) is 17.5. The van der Waals surface area contributed by atoms with Gasteiger partial charge >= 0.3 is 0 Å². The molecule has 1 aliphatic heterocycles. The fraction of sp³-hybridized carbons (Fsp3) is 0.393. The Balaban J connectivity index is 0.000000224. The summed E-state index contributed by atoms with van der Waals surface area (Å²) >= 11 is 0. The predicted octanol–water partition coefficient (Wildman–Crippen LogP) is 6.27. The van der Waals surface area contributed by atoms with E-state index >= 15 is 0 Å². The van der Waals surface area contributed by atoms with Gasteiger partial charge in [0.05, 0.1) is 7.11 Å². The summed E-state index contributed by atoms with van der Waals surface area (Å²) in [4.78, 5) is 6.28. The number of pyridine rings is 1. The van der Waals surface area contributed by atoms with Crippen molar-refractivity contribution in [2.45, 2.75) is 33.1 Å². The van der Waals surface area contributed by atoms with E-state index in [1.54, 1.807) is 13.3 Å². The van der Waals surface area contributed by atoms with Gasteiger partial charge in [-0.2, -0.15) is 0 Å². The van der Waals surface area contributed by atoms with Crippen molar-refractivity contribution < 1.29 is 4.74 Å². The van der Waals surface area contributed by atoms with Crippen molar-refractivity contribution in [3.63, 3.8) is 0 Å². The lowest BCUT2D eigenvalue weighted by molar-refractivity contribution is 0.277. The van der Waals surface area contributed by atoms with Crippen LogP contribution in [0.5, 0.6) is 5.75 Å². The first kappa shape index (κ1) is 28.0. The quantitative estimate of drug-likeness (QED) is 0.493. The van der Waals surface area contributed by atoms with Gasteiger partial charge in [-0.3, -0.25) is 4.98 Å². The first-order valence-corrected chi connectivity index (χ1v) is 11.6. The fourth-order valence-electron chi connectivity index (χ4n) is 3.08. The normalized spacial score (nSPS) is 12.4. The number of nitrogens with zero attached hydrogens (tertiary/aromatic N) is 2. The molecule has 0 bridgehead atoms. The van der Waals surface area contributed by atoms with E-state index in [4.69, 9.17) is 4.74 Å². The van der Waals surface area contributed by atoms with Gasteiger partial charge in [0.15, 0.2) is 0 Å². The van der Waals surface area contributed by atoms with Gasteiger partial charge in [-0.25, -0.2) is 0 Å². The Labute approximate surface area is 201 Å². The average Bonchev–Trinajstić information content (AvgIpc) is 2.87. The van der Waals surface area contributed by atoms with Crippen molar-refractivity contribution in [1.82, 2.24) is 9.88 Å². The van der Waals surface area contributed by atoms with Gasteiger partial charge in [0.1, 0.15) is 5.75 Å². The third kappa shape index (κ3) is 13.2. The highest BCUT2D eigenvalue weighted by Gasteiger charge is 2.02. The zero-order chi connectivity index (χ0) is 24.3. The standard InChI is InChI=1S/C9H13NO.C7H9N.C6H7N.C6H13N/c1-7-4-5-8(10-2)6-9(7)11-3;1-8-7-5-3-2-4-6-7;1-6-3-2-4-7-5-6;1-7-5-3-2-4-6-7/h4-6,10H,1-3H3;2-6,8H,1H3;2-5H,1H3;2-6H2,1H3. The number of para-hydroxylation sites is 1. The highest BCUT2D eigenvalue weighted by Crippen LogP contribution is 2.21. The molecule has 1 saturated heterocycles. The number of rotatable bonds is 3. The maximum absolute atomic E-state index is 5.15. The Hall–Kier alpha value is -3.05. The monoisotopic (exact) mass is 450 g/mol. The lowest BCUT2D eigenvalue weighted by Gasteiger charge is -2.20. The topological polar surface area (TPSA) is 49.4 Å². The molecule has 1 aliphatic rings. The van der Waals surface area contributed by atoms with Crippen LogP contribution in [-0.2, 0) is 0 Å². The maximum Gasteiger partial charge on any atom is 0.123 e. The Morgan fingerprint density at radius 3 is 1.88 bits per heavy atom. The van der Waals surface area contributed by atoms with Gasteiger partial charge in [0.2, 0.25) is 0 Å². The molecule has 0 spiro atoms. The molecule has 0 atom stereocenters. The average molecular weight is 451 g/mol. The Morgan fingerprint density at radius 1 is 0.818 bits per heavy atom. The third-order valence-corrected chi connectivity index (χ3v) is 5.15. The lowest BCUT2D eigenvalue weighted by atomic mass is 10.1. The van der Waals surface area contributed by atoms with Crippen LogP contribution in [0, 0.1) is 13.8 Å². The predicted molar refractivity (Wildman–Crippen MR) is 144 cm³/mol. The second-order valence-corrected chi connectivity index (χ2v) is 7.94. The Bertz CT molecular complexity index is 850. The molecule has 2 N–H and O–H groups in total. The molecule has 0 saturated carbocycles. The van der Waals surface area contributed by atoms with Crippen LogP contribution in [0.1, 0.15) is 30.4 Å². The van der Waals surface area contributed by atoms with Crippen molar-refractivity contribution in [3.05, 3.63) is 84.2 Å². The van der Waals surface area contributed by atoms with E-state index in [2.05, 4.69) is 27.6 Å². The van der Waals surface area contributed by atoms with Gasteiger partial charge in [0.25, 0.3) is 0 Å². The van der Waals surface area contributed by atoms with Crippen LogP contribution in [0.25, 0.3) is 0 Å². The lowest BCUT2D eigenvalue weighted by Crippen LogP contribution is -2.24. The van der Waals surface area contributed by atoms with E-state index < -0.39 is 0 Å². The number of aryl methyl sites for hydroxylation is 2. The fourth-order valence-corrected chi connectivity index (χ4v) is 3.08. The van der Waals surface area contributed by atoms with E-state index in [0.717, 1.165) is 22.7 Å². The highest BCUT2D eigenvalue weighted by atomic mass is 16.5. The van der Waals surface area contributed by atoms with Gasteiger partial charge in [-0.1, -0.05) is 36.8 Å². The summed E-state index contributed by atoms with van der Waals surface area (Å²) in [6, 6.07) is 20.1. The Morgan fingerprint density at radius 2 is 1.48 bits per heavy atom. The summed E-state index contributed by atoms with van der Waals surface area (Å²) in [6.45, 7) is 6.69. The number of likely N-dealkylation sites (tertiary alicyclic amines) is 1. The van der Waals surface area contributed by atoms with E-state index in [9.17, 15) is 0 Å². The first-order chi connectivity index (χ1) is 16.0. The molecule has 1 aromatic heterocycles. The number of ether oxygens (including phenoxy) is 1. The minimum absolute atomic E-state index is 0.928. The number of anilines is 2. The minimum atomic E-state index is 0.928. The van der Waals surface area contributed by atoms with Crippen LogP contribution in [-0.4, -0.2) is 51.2 Å². The molecule has 33 heavy (non-hydrogen) atoms. The largest absolute Gasteiger partial charge is 0.496 e. The van der Waals surface area contributed by atoms with Gasteiger partial charge in [-0.05, 0) is 82.2 Å². The zero-order valence-corrected chi connectivity index (χ0v) is 21.3. The van der Waals surface area contributed by atoms with Crippen molar-refractivity contribution in [2.75, 3.05) is 52.0 Å². The number of piperidine rings is 1. The van der Waals surface area contributed by atoms with Crippen LogP contribution >= 0.6 is 0 Å². The molecule has 0 unspecified atom stereocenters. The van der Waals surface area contributed by atoms with Crippen LogP contribution in [0.15, 0.2) is 73.1 Å². The van der Waals surface area contributed by atoms with Gasteiger partial charge < -0.3 is 20.3 Å². The molecule has 1 fully saturated rings. The molecule has 4 rings (SSSR count). The molecule has 0 radical (unpaired) electrons. The number of aromatic nitrogens is 1. The smallest absolute Gasteiger partial charge is 0.123 e. The van der Waals surface area contributed by atoms with Crippen molar-refractivity contribution in [2.24, 2.45) is 0 Å².